The highest BCUT2D eigenvalue weighted by molar-refractivity contribution is 6.30. The summed E-state index contributed by atoms with van der Waals surface area (Å²) in [7, 11) is 0. The van der Waals surface area contributed by atoms with Gasteiger partial charge in [0.15, 0.2) is 0 Å². The Labute approximate surface area is 82.5 Å². The Kier molecular flexibility index (Phi) is 2.54. The van der Waals surface area contributed by atoms with E-state index < -0.39 is 0 Å². The van der Waals surface area contributed by atoms with E-state index in [1.54, 1.807) is 0 Å². The summed E-state index contributed by atoms with van der Waals surface area (Å²) >= 11 is 5.77. The quantitative estimate of drug-likeness (QED) is 0.719. The molecule has 70 valence electrons. The van der Waals surface area contributed by atoms with Gasteiger partial charge in [-0.2, -0.15) is 0 Å². The maximum Gasteiger partial charge on any atom is 0.0747 e. The molecule has 0 amide bonds. The molecule has 0 aliphatic carbocycles. The van der Waals surface area contributed by atoms with E-state index in [4.69, 9.17) is 11.6 Å². The Morgan fingerprint density at radius 1 is 1.31 bits per heavy atom. The van der Waals surface area contributed by atoms with E-state index in [1.165, 1.54) is 0 Å². The van der Waals surface area contributed by atoms with Crippen LogP contribution in [0.1, 0.15) is 18.0 Å². The van der Waals surface area contributed by atoms with Gasteiger partial charge in [0, 0.05) is 5.02 Å². The first-order chi connectivity index (χ1) is 6.27. The maximum atomic E-state index is 9.62. The largest absolute Gasteiger partial charge is 0.391 e. The minimum Gasteiger partial charge on any atom is -0.391 e. The van der Waals surface area contributed by atoms with Gasteiger partial charge < -0.3 is 10.4 Å². The molecule has 2 N–H and O–H groups in total. The van der Waals surface area contributed by atoms with Crippen molar-refractivity contribution in [2.75, 3.05) is 6.54 Å². The predicted molar refractivity (Wildman–Crippen MR) is 52.8 cm³/mol. The standard InChI is InChI=1S/C10H12ClNO/c11-8-3-1-7(2-4-8)10-9(13)5-6-12-10/h1-4,9-10,12-13H,5-6H2/t9-,10+/m0/s1. The molecular weight excluding hydrogens is 186 g/mol. The minimum atomic E-state index is -0.263. The summed E-state index contributed by atoms with van der Waals surface area (Å²) in [6, 6.07) is 7.69. The smallest absolute Gasteiger partial charge is 0.0747 e. The van der Waals surface area contributed by atoms with Crippen LogP contribution < -0.4 is 5.32 Å². The summed E-state index contributed by atoms with van der Waals surface area (Å²) in [5, 5.41) is 13.6. The van der Waals surface area contributed by atoms with Gasteiger partial charge in [-0.3, -0.25) is 0 Å². The van der Waals surface area contributed by atoms with Gasteiger partial charge in [0.1, 0.15) is 0 Å². The minimum absolute atomic E-state index is 0.0808. The van der Waals surface area contributed by atoms with Crippen molar-refractivity contribution >= 4 is 11.6 Å². The third kappa shape index (κ3) is 1.85. The zero-order valence-electron chi connectivity index (χ0n) is 7.20. The first kappa shape index (κ1) is 9.00. The Hall–Kier alpha value is -0.570. The summed E-state index contributed by atoms with van der Waals surface area (Å²) in [5.41, 5.74) is 1.11. The SMILES string of the molecule is O[C@H]1CCN[C@@H]1c1ccc(Cl)cc1. The normalized spacial score (nSPS) is 27.8. The van der Waals surface area contributed by atoms with Crippen molar-refractivity contribution in [1.82, 2.24) is 5.32 Å². The van der Waals surface area contributed by atoms with E-state index in [2.05, 4.69) is 5.32 Å². The summed E-state index contributed by atoms with van der Waals surface area (Å²) in [5.74, 6) is 0. The number of halogens is 1. The average Bonchev–Trinajstić information content (AvgIpc) is 2.53. The molecule has 1 fully saturated rings. The maximum absolute atomic E-state index is 9.62. The lowest BCUT2D eigenvalue weighted by atomic mass is 10.0. The van der Waals surface area contributed by atoms with Crippen molar-refractivity contribution in [3.8, 4) is 0 Å². The topological polar surface area (TPSA) is 32.3 Å². The molecule has 2 rings (SSSR count). The first-order valence-electron chi connectivity index (χ1n) is 4.44. The lowest BCUT2D eigenvalue weighted by Gasteiger charge is -2.14. The van der Waals surface area contributed by atoms with Crippen LogP contribution in [-0.2, 0) is 0 Å². The van der Waals surface area contributed by atoms with Crippen LogP contribution in [0.4, 0.5) is 0 Å². The Balaban J connectivity index is 2.20. The molecule has 0 unspecified atom stereocenters. The van der Waals surface area contributed by atoms with Crippen LogP contribution in [0.3, 0.4) is 0 Å². The Bertz CT molecular complexity index is 285. The van der Waals surface area contributed by atoms with Crippen molar-refractivity contribution in [2.24, 2.45) is 0 Å². The molecule has 0 radical (unpaired) electrons. The van der Waals surface area contributed by atoms with Gasteiger partial charge in [-0.25, -0.2) is 0 Å². The first-order valence-corrected chi connectivity index (χ1v) is 4.82. The van der Waals surface area contributed by atoms with Crippen LogP contribution in [0.5, 0.6) is 0 Å². The summed E-state index contributed by atoms with van der Waals surface area (Å²) in [6.07, 6.45) is 0.564. The second-order valence-corrected chi connectivity index (χ2v) is 3.78. The van der Waals surface area contributed by atoms with E-state index in [-0.39, 0.29) is 12.1 Å². The van der Waals surface area contributed by atoms with E-state index >= 15 is 0 Å². The highest BCUT2D eigenvalue weighted by Gasteiger charge is 2.25. The van der Waals surface area contributed by atoms with Gasteiger partial charge in [0.2, 0.25) is 0 Å². The predicted octanol–water partition coefficient (Wildman–Crippen LogP) is 1.74. The molecule has 1 aromatic carbocycles. The van der Waals surface area contributed by atoms with Crippen molar-refractivity contribution < 1.29 is 5.11 Å². The fourth-order valence-electron chi connectivity index (χ4n) is 1.70. The molecule has 0 spiro atoms. The molecule has 1 heterocycles. The molecule has 1 saturated heterocycles. The molecule has 1 aliphatic heterocycles. The number of hydrogen-bond donors (Lipinski definition) is 2. The number of nitrogens with one attached hydrogen (secondary N) is 1. The average molecular weight is 198 g/mol. The zero-order chi connectivity index (χ0) is 9.26. The Morgan fingerprint density at radius 2 is 2.00 bits per heavy atom. The number of aliphatic hydroxyl groups is 1. The molecule has 0 saturated carbocycles. The lowest BCUT2D eigenvalue weighted by Crippen LogP contribution is -2.20. The lowest BCUT2D eigenvalue weighted by molar-refractivity contribution is 0.160. The van der Waals surface area contributed by atoms with Gasteiger partial charge in [0.05, 0.1) is 12.1 Å². The molecule has 0 aromatic heterocycles. The summed E-state index contributed by atoms with van der Waals surface area (Å²) < 4.78 is 0. The number of aliphatic hydroxyl groups excluding tert-OH is 1. The molecule has 0 bridgehead atoms. The summed E-state index contributed by atoms with van der Waals surface area (Å²) in [6.45, 7) is 0.883. The van der Waals surface area contributed by atoms with Crippen molar-refractivity contribution in [2.45, 2.75) is 18.6 Å². The van der Waals surface area contributed by atoms with Crippen LogP contribution in [0.25, 0.3) is 0 Å². The third-order valence-corrected chi connectivity index (χ3v) is 2.67. The Morgan fingerprint density at radius 3 is 2.54 bits per heavy atom. The fourth-order valence-corrected chi connectivity index (χ4v) is 1.83. The molecular formula is C10H12ClNO. The van der Waals surface area contributed by atoms with E-state index in [0.717, 1.165) is 23.6 Å². The van der Waals surface area contributed by atoms with Crippen LogP contribution in [0.15, 0.2) is 24.3 Å². The van der Waals surface area contributed by atoms with Gasteiger partial charge in [-0.15, -0.1) is 0 Å². The number of rotatable bonds is 1. The number of hydrogen-bond acceptors (Lipinski definition) is 2. The van der Waals surface area contributed by atoms with E-state index in [9.17, 15) is 5.11 Å². The molecule has 13 heavy (non-hydrogen) atoms. The molecule has 1 aliphatic rings. The van der Waals surface area contributed by atoms with Gasteiger partial charge in [0.25, 0.3) is 0 Å². The van der Waals surface area contributed by atoms with Crippen LogP contribution in [0, 0.1) is 0 Å². The zero-order valence-corrected chi connectivity index (χ0v) is 7.96. The van der Waals surface area contributed by atoms with Gasteiger partial charge >= 0.3 is 0 Å². The highest BCUT2D eigenvalue weighted by atomic mass is 35.5. The summed E-state index contributed by atoms with van der Waals surface area (Å²) in [4.78, 5) is 0. The third-order valence-electron chi connectivity index (χ3n) is 2.42. The van der Waals surface area contributed by atoms with E-state index in [1.807, 2.05) is 24.3 Å². The molecule has 3 heteroatoms. The van der Waals surface area contributed by atoms with Crippen molar-refractivity contribution in [1.29, 1.82) is 0 Å². The van der Waals surface area contributed by atoms with Gasteiger partial charge in [-0.05, 0) is 30.7 Å². The molecule has 1 aromatic rings. The van der Waals surface area contributed by atoms with Crippen molar-refractivity contribution in [3.05, 3.63) is 34.9 Å². The monoisotopic (exact) mass is 197 g/mol. The fraction of sp³-hybridized carbons (Fsp3) is 0.400. The molecule has 2 nitrogen and oxygen atoms in total. The van der Waals surface area contributed by atoms with Crippen LogP contribution >= 0.6 is 11.6 Å². The molecule has 2 atom stereocenters. The van der Waals surface area contributed by atoms with Crippen LogP contribution in [0.2, 0.25) is 5.02 Å². The van der Waals surface area contributed by atoms with Crippen molar-refractivity contribution in [3.63, 3.8) is 0 Å². The van der Waals surface area contributed by atoms with Crippen LogP contribution in [-0.4, -0.2) is 17.8 Å². The second-order valence-electron chi connectivity index (χ2n) is 3.34. The highest BCUT2D eigenvalue weighted by Crippen LogP contribution is 2.24. The van der Waals surface area contributed by atoms with Gasteiger partial charge in [-0.1, -0.05) is 23.7 Å². The number of benzene rings is 1. The van der Waals surface area contributed by atoms with E-state index in [0.29, 0.717) is 0 Å². The second kappa shape index (κ2) is 3.66.